The van der Waals surface area contributed by atoms with Crippen molar-refractivity contribution in [3.63, 3.8) is 0 Å². The Morgan fingerprint density at radius 1 is 0.969 bits per heavy atom. The molecule has 5 heterocycles. The first kappa shape index (κ1) is 18.9. The molecule has 0 radical (unpaired) electrons. The van der Waals surface area contributed by atoms with Crippen LogP contribution in [0.1, 0.15) is 18.4 Å². The molecule has 32 heavy (non-hydrogen) atoms. The van der Waals surface area contributed by atoms with Crippen LogP contribution in [0.3, 0.4) is 0 Å². The largest absolute Gasteiger partial charge is 0.488 e. The van der Waals surface area contributed by atoms with Gasteiger partial charge in [0.25, 0.3) is 5.88 Å². The summed E-state index contributed by atoms with van der Waals surface area (Å²) >= 11 is 0. The Labute approximate surface area is 182 Å². The van der Waals surface area contributed by atoms with Gasteiger partial charge >= 0.3 is 0 Å². The van der Waals surface area contributed by atoms with Gasteiger partial charge in [-0.25, -0.2) is 14.4 Å². The Morgan fingerprint density at radius 3 is 2.75 bits per heavy atom. The number of anilines is 3. The van der Waals surface area contributed by atoms with Crippen LogP contribution in [0.15, 0.2) is 36.7 Å². The first-order valence-electron chi connectivity index (χ1n) is 10.4. The number of hydrogen-bond acceptors (Lipinski definition) is 7. The Balaban J connectivity index is 1.29. The summed E-state index contributed by atoms with van der Waals surface area (Å²) < 4.78 is 31.8. The molecule has 8 nitrogen and oxygen atoms in total. The highest BCUT2D eigenvalue weighted by Gasteiger charge is 2.28. The fourth-order valence-electron chi connectivity index (χ4n) is 4.22. The van der Waals surface area contributed by atoms with Crippen LogP contribution in [-0.2, 0) is 11.4 Å². The molecule has 1 N–H and O–H groups in total. The highest BCUT2D eigenvalue weighted by atomic mass is 19.1. The van der Waals surface area contributed by atoms with E-state index in [1.165, 1.54) is 11.0 Å². The average Bonchev–Trinajstić information content (AvgIpc) is 3.24. The van der Waals surface area contributed by atoms with Crippen molar-refractivity contribution in [2.75, 3.05) is 30.0 Å². The van der Waals surface area contributed by atoms with E-state index in [1.807, 2.05) is 12.1 Å². The van der Waals surface area contributed by atoms with Crippen molar-refractivity contribution in [1.29, 1.82) is 0 Å². The van der Waals surface area contributed by atoms with Crippen LogP contribution in [0.4, 0.5) is 21.6 Å². The van der Waals surface area contributed by atoms with Crippen LogP contribution in [0.2, 0.25) is 0 Å². The van der Waals surface area contributed by atoms with Gasteiger partial charge in [0, 0.05) is 48.0 Å². The molecule has 1 saturated heterocycles. The number of aromatic nitrogens is 2. The van der Waals surface area contributed by atoms with E-state index in [1.54, 1.807) is 18.5 Å². The molecule has 1 aromatic carbocycles. The Kier molecular flexibility index (Phi) is 4.34. The number of carbonyl (C=O) groups excluding carboxylic acids is 1. The van der Waals surface area contributed by atoms with Gasteiger partial charge < -0.3 is 24.4 Å². The molecular weight excluding hydrogens is 415 g/mol. The van der Waals surface area contributed by atoms with Crippen molar-refractivity contribution in [3.05, 3.63) is 48.0 Å². The summed E-state index contributed by atoms with van der Waals surface area (Å²) in [6.45, 7) is 1.81. The van der Waals surface area contributed by atoms with Crippen LogP contribution in [0, 0.1) is 5.82 Å². The van der Waals surface area contributed by atoms with E-state index in [4.69, 9.17) is 14.2 Å². The molecule has 3 aromatic rings. The molecule has 3 aliphatic rings. The molecule has 0 unspecified atom stereocenters. The number of benzene rings is 1. The van der Waals surface area contributed by atoms with Gasteiger partial charge in [0.2, 0.25) is 5.91 Å². The second-order valence-electron chi connectivity index (χ2n) is 7.81. The zero-order valence-electron chi connectivity index (χ0n) is 17.1. The van der Waals surface area contributed by atoms with E-state index in [2.05, 4.69) is 15.3 Å². The number of halogens is 1. The standard InChI is InChI=1S/C23H19FN4O4/c24-17-8-15-16-11-25-21(27-14-7-20-23(26-10-14)31-5-4-30-20)6-13(16)12-32-19(15)9-18(17)28-3-1-2-22(28)29/h6-11H,1-5,12H2,(H,25,27). The number of fused-ring (bicyclic) bond motifs is 4. The van der Waals surface area contributed by atoms with Crippen molar-refractivity contribution < 1.29 is 23.4 Å². The first-order chi connectivity index (χ1) is 15.7. The average molecular weight is 434 g/mol. The zero-order chi connectivity index (χ0) is 21.7. The predicted octanol–water partition coefficient (Wildman–Crippen LogP) is 3.82. The fourth-order valence-corrected chi connectivity index (χ4v) is 4.22. The number of nitrogens with zero attached hydrogens (tertiary/aromatic N) is 3. The molecule has 1 amide bonds. The van der Waals surface area contributed by atoms with Crippen LogP contribution in [0.5, 0.6) is 17.4 Å². The molecule has 2 aromatic heterocycles. The fraction of sp³-hybridized carbons (Fsp3) is 0.261. The molecule has 162 valence electrons. The minimum absolute atomic E-state index is 0.0638. The summed E-state index contributed by atoms with van der Waals surface area (Å²) in [6, 6.07) is 6.72. The van der Waals surface area contributed by atoms with Crippen LogP contribution < -0.4 is 24.4 Å². The number of rotatable bonds is 3. The third kappa shape index (κ3) is 3.17. The molecule has 1 fully saturated rings. The molecule has 9 heteroatoms. The monoisotopic (exact) mass is 434 g/mol. The van der Waals surface area contributed by atoms with Gasteiger partial charge in [-0.1, -0.05) is 0 Å². The van der Waals surface area contributed by atoms with E-state index in [9.17, 15) is 9.18 Å². The van der Waals surface area contributed by atoms with E-state index in [-0.39, 0.29) is 11.6 Å². The minimum Gasteiger partial charge on any atom is -0.488 e. The SMILES string of the molecule is O=C1CCCN1c1cc2c(cc1F)-c1cnc(Nc3cnc4c(c3)OCCO4)cc1CO2. The van der Waals surface area contributed by atoms with Crippen LogP contribution in [0.25, 0.3) is 11.1 Å². The Bertz CT molecular complexity index is 1250. The Hall–Kier alpha value is -3.88. The van der Waals surface area contributed by atoms with Crippen molar-refractivity contribution in [2.24, 2.45) is 0 Å². The van der Waals surface area contributed by atoms with Crippen LogP contribution >= 0.6 is 0 Å². The normalized spacial score (nSPS) is 16.3. The van der Waals surface area contributed by atoms with E-state index in [0.717, 1.165) is 17.5 Å². The molecule has 0 saturated carbocycles. The zero-order valence-corrected chi connectivity index (χ0v) is 17.1. The summed E-state index contributed by atoms with van der Waals surface area (Å²) in [6.07, 6.45) is 4.53. The van der Waals surface area contributed by atoms with Crippen molar-refractivity contribution >= 4 is 23.1 Å². The number of amides is 1. The molecule has 0 atom stereocenters. The van der Waals surface area contributed by atoms with E-state index in [0.29, 0.717) is 67.2 Å². The summed E-state index contributed by atoms with van der Waals surface area (Å²) in [5, 5.41) is 3.21. The molecular formula is C23H19FN4O4. The lowest BCUT2D eigenvalue weighted by Crippen LogP contribution is -2.25. The van der Waals surface area contributed by atoms with Gasteiger partial charge in [-0.3, -0.25) is 4.79 Å². The molecule has 0 aliphatic carbocycles. The maximum Gasteiger partial charge on any atom is 0.257 e. The predicted molar refractivity (Wildman–Crippen MR) is 114 cm³/mol. The molecule has 0 bridgehead atoms. The summed E-state index contributed by atoms with van der Waals surface area (Å²) in [5.74, 6) is 1.70. The van der Waals surface area contributed by atoms with Gasteiger partial charge in [-0.05, 0) is 18.6 Å². The number of carbonyl (C=O) groups is 1. The number of hydrogen-bond donors (Lipinski definition) is 1. The summed E-state index contributed by atoms with van der Waals surface area (Å²) in [4.78, 5) is 22.3. The second kappa shape index (κ2) is 7.37. The highest BCUT2D eigenvalue weighted by molar-refractivity contribution is 5.96. The third-order valence-corrected chi connectivity index (χ3v) is 5.75. The van der Waals surface area contributed by atoms with Gasteiger partial charge in [0.15, 0.2) is 5.75 Å². The van der Waals surface area contributed by atoms with Crippen molar-refractivity contribution in [2.45, 2.75) is 19.4 Å². The maximum atomic E-state index is 14.9. The number of nitrogens with one attached hydrogen (secondary N) is 1. The minimum atomic E-state index is -0.444. The number of ether oxygens (including phenoxy) is 3. The lowest BCUT2D eigenvalue weighted by molar-refractivity contribution is -0.117. The summed E-state index contributed by atoms with van der Waals surface area (Å²) in [7, 11) is 0. The van der Waals surface area contributed by atoms with Crippen LogP contribution in [-0.4, -0.2) is 35.6 Å². The smallest absolute Gasteiger partial charge is 0.257 e. The third-order valence-electron chi connectivity index (χ3n) is 5.75. The van der Waals surface area contributed by atoms with Crippen molar-refractivity contribution in [1.82, 2.24) is 9.97 Å². The van der Waals surface area contributed by atoms with Gasteiger partial charge in [-0.2, -0.15) is 0 Å². The topological polar surface area (TPSA) is 85.8 Å². The van der Waals surface area contributed by atoms with Gasteiger partial charge in [-0.15, -0.1) is 0 Å². The lowest BCUT2D eigenvalue weighted by Gasteiger charge is -2.24. The highest BCUT2D eigenvalue weighted by Crippen LogP contribution is 2.42. The van der Waals surface area contributed by atoms with Gasteiger partial charge in [0.05, 0.1) is 17.6 Å². The second-order valence-corrected chi connectivity index (χ2v) is 7.81. The molecule has 0 spiro atoms. The van der Waals surface area contributed by atoms with Crippen molar-refractivity contribution in [3.8, 4) is 28.5 Å². The Morgan fingerprint density at radius 2 is 1.88 bits per heavy atom. The number of pyridine rings is 2. The van der Waals surface area contributed by atoms with E-state index >= 15 is 0 Å². The first-order valence-corrected chi connectivity index (χ1v) is 10.4. The maximum absolute atomic E-state index is 14.9. The molecule has 6 rings (SSSR count). The quantitative estimate of drug-likeness (QED) is 0.671. The van der Waals surface area contributed by atoms with Gasteiger partial charge in [0.1, 0.15) is 37.2 Å². The van der Waals surface area contributed by atoms with E-state index < -0.39 is 5.82 Å². The summed E-state index contributed by atoms with van der Waals surface area (Å²) in [5.41, 5.74) is 3.29. The molecule has 3 aliphatic heterocycles. The lowest BCUT2D eigenvalue weighted by atomic mass is 9.98.